The number of carbonyl (C=O) groups excluding carboxylic acids is 4. The molecule has 3 aromatic heterocycles. The van der Waals surface area contributed by atoms with E-state index in [-0.39, 0.29) is 73.6 Å². The number of nitrogens with one attached hydrogen (secondary N) is 2. The van der Waals surface area contributed by atoms with E-state index in [1.807, 2.05) is 73.2 Å². The predicted molar refractivity (Wildman–Crippen MR) is 270 cm³/mol. The molecule has 0 spiro atoms. The highest BCUT2D eigenvalue weighted by atomic mass is 35.5. The molecule has 3 atom stereocenters. The average Bonchev–Trinajstić information content (AvgIpc) is 4.11. The van der Waals surface area contributed by atoms with E-state index >= 15 is 0 Å². The number of aliphatic hydroxyl groups excluding tert-OH is 1. The molecule has 2 aliphatic rings. The number of aliphatic hydroxyl groups is 1. The third-order valence-corrected chi connectivity index (χ3v) is 14.8. The second kappa shape index (κ2) is 23.5. The molecule has 0 radical (unpaired) electrons. The number of carbonyl (C=O) groups is 4. The summed E-state index contributed by atoms with van der Waals surface area (Å²) in [6.07, 6.45) is 9.91. The second-order valence-corrected chi connectivity index (χ2v) is 20.8. The summed E-state index contributed by atoms with van der Waals surface area (Å²) in [5.41, 5.74) is 12.2. The van der Waals surface area contributed by atoms with Gasteiger partial charge in [-0.15, -0.1) is 11.3 Å². The lowest BCUT2D eigenvalue weighted by Gasteiger charge is -2.35. The van der Waals surface area contributed by atoms with E-state index in [9.17, 15) is 28.7 Å². The minimum Gasteiger partial charge on any atom is -0.489 e. The van der Waals surface area contributed by atoms with E-state index in [1.165, 1.54) is 17.0 Å². The van der Waals surface area contributed by atoms with Crippen molar-refractivity contribution in [1.82, 2.24) is 40.2 Å². The molecule has 70 heavy (non-hydrogen) atoms. The second-order valence-electron chi connectivity index (χ2n) is 19.2. The smallest absolute Gasteiger partial charge is 0.246 e. The minimum atomic E-state index is -0.900. The molecule has 2 saturated heterocycles. The summed E-state index contributed by atoms with van der Waals surface area (Å²) in [4.78, 5) is 67.0. The summed E-state index contributed by atoms with van der Waals surface area (Å²) < 4.78 is 21.8. The zero-order chi connectivity index (χ0) is 50.1. The Kier molecular flexibility index (Phi) is 17.5. The molecule has 0 bridgehead atoms. The fourth-order valence-electron chi connectivity index (χ4n) is 8.94. The number of ether oxygens (including phenoxy) is 1. The fourth-order valence-corrected chi connectivity index (χ4v) is 10.3. The van der Waals surface area contributed by atoms with Crippen LogP contribution in [0, 0.1) is 18.2 Å². The summed E-state index contributed by atoms with van der Waals surface area (Å²) in [6.45, 7) is 9.23. The molecule has 5 aromatic rings. The Hall–Kier alpha value is -5.62. The highest BCUT2D eigenvalue weighted by Crippen LogP contribution is 2.33. The number of aryl methyl sites for hydroxylation is 1. The number of thiazole rings is 1. The van der Waals surface area contributed by atoms with Crippen molar-refractivity contribution in [1.29, 1.82) is 0 Å². The van der Waals surface area contributed by atoms with E-state index in [0.29, 0.717) is 48.7 Å². The zero-order valence-electron chi connectivity index (χ0n) is 40.1. The largest absolute Gasteiger partial charge is 0.489 e. The Morgan fingerprint density at radius 1 is 0.971 bits per heavy atom. The van der Waals surface area contributed by atoms with Crippen molar-refractivity contribution in [2.24, 2.45) is 5.41 Å². The normalized spacial score (nSPS) is 16.9. The number of nitrogen functional groups attached to an aromatic ring is 1. The predicted octanol–water partition coefficient (Wildman–Crippen LogP) is 8.34. The van der Waals surface area contributed by atoms with Crippen LogP contribution in [0.15, 0.2) is 66.6 Å². The van der Waals surface area contributed by atoms with Crippen LogP contribution in [-0.4, -0.2) is 103 Å². The summed E-state index contributed by atoms with van der Waals surface area (Å²) in [6, 6.07) is 10.7. The highest BCUT2D eigenvalue weighted by molar-refractivity contribution is 7.13. The summed E-state index contributed by atoms with van der Waals surface area (Å²) in [5.74, 6) is -0.865. The van der Waals surface area contributed by atoms with Gasteiger partial charge in [0, 0.05) is 80.4 Å². The molecule has 5 N–H and O–H groups in total. The van der Waals surface area contributed by atoms with E-state index in [2.05, 4.69) is 25.7 Å². The van der Waals surface area contributed by atoms with Crippen molar-refractivity contribution in [3.8, 4) is 27.3 Å². The number of anilines is 1. The Morgan fingerprint density at radius 3 is 2.40 bits per heavy atom. The Labute approximate surface area is 422 Å². The van der Waals surface area contributed by atoms with Crippen LogP contribution in [0.25, 0.3) is 21.6 Å². The van der Waals surface area contributed by atoms with E-state index in [1.54, 1.807) is 29.8 Å². The first-order valence-electron chi connectivity index (χ1n) is 23.8. The van der Waals surface area contributed by atoms with E-state index in [4.69, 9.17) is 33.7 Å². The molecule has 15 nitrogen and oxygen atoms in total. The van der Waals surface area contributed by atoms with Gasteiger partial charge < -0.3 is 36.0 Å². The van der Waals surface area contributed by atoms with Gasteiger partial charge in [-0.2, -0.15) is 5.10 Å². The van der Waals surface area contributed by atoms with Gasteiger partial charge in [0.2, 0.25) is 23.6 Å². The van der Waals surface area contributed by atoms with Crippen molar-refractivity contribution >= 4 is 64.0 Å². The number of pyridine rings is 1. The van der Waals surface area contributed by atoms with Crippen LogP contribution < -0.4 is 21.1 Å². The number of unbranched alkanes of at least 4 members (excludes halogenated alkanes) is 3. The number of β-amino-alcohol motifs (C(OH)–C–C–N with tert-alkyl or cyclic N) is 1. The molecule has 5 heterocycles. The van der Waals surface area contributed by atoms with Gasteiger partial charge >= 0.3 is 0 Å². The van der Waals surface area contributed by atoms with Crippen molar-refractivity contribution in [3.63, 3.8) is 0 Å². The lowest BCUT2D eigenvalue weighted by molar-refractivity contribution is -0.144. The topological polar surface area (TPSA) is 198 Å². The Morgan fingerprint density at radius 2 is 1.70 bits per heavy atom. The number of aromatic nitrogens is 4. The third kappa shape index (κ3) is 13.2. The summed E-state index contributed by atoms with van der Waals surface area (Å²) in [7, 11) is 0. The molecule has 2 fully saturated rings. The molecular weight excluding hydrogens is 957 g/mol. The van der Waals surface area contributed by atoms with Gasteiger partial charge in [0.25, 0.3) is 0 Å². The summed E-state index contributed by atoms with van der Waals surface area (Å²) >= 11 is 13.9. The van der Waals surface area contributed by atoms with Gasteiger partial charge in [-0.05, 0) is 72.9 Å². The number of benzene rings is 2. The standard InChI is InChI=1S/C51H62Cl2FN9O6S/c1-31-46(70-30-58-31)33-13-11-32(12-14-33)25-57-49(67)41-24-37(64)29-62(41)50(68)47(51(2,3)4)60-43(65)9-7-5-6-8-10-44(66)61-20-17-36(18-21-61)63-28-35(27-59-63)34-23-42(48(55)56-26-34)69-22-19-38-39(52)15-16-40(54)45(38)53/h11-16,23,26-28,30,36-37,41,47,64H,5-10,17-22,24-25,29H2,1-4H3,(H2,55,56)(H,57,67)(H,60,65)/t37-,41+,47-/m1/s1. The third-order valence-electron chi connectivity index (χ3n) is 13.0. The number of nitrogens with two attached hydrogens (primary N) is 1. The van der Waals surface area contributed by atoms with E-state index in [0.717, 1.165) is 58.5 Å². The number of piperidine rings is 1. The van der Waals surface area contributed by atoms with Crippen LogP contribution >= 0.6 is 34.5 Å². The van der Waals surface area contributed by atoms with Crippen molar-refractivity contribution in [2.45, 2.75) is 123 Å². The van der Waals surface area contributed by atoms with Gasteiger partial charge in [0.15, 0.2) is 11.6 Å². The molecule has 0 unspecified atom stereocenters. The Bertz CT molecular complexity index is 2630. The van der Waals surface area contributed by atoms with Gasteiger partial charge in [-0.25, -0.2) is 14.4 Å². The monoisotopic (exact) mass is 1020 g/mol. The van der Waals surface area contributed by atoms with Crippen LogP contribution in [0.3, 0.4) is 0 Å². The van der Waals surface area contributed by atoms with Crippen molar-refractivity contribution in [3.05, 3.63) is 99.2 Å². The van der Waals surface area contributed by atoms with E-state index < -0.39 is 35.3 Å². The molecule has 0 aliphatic carbocycles. The van der Waals surface area contributed by atoms with Crippen LogP contribution in [0.4, 0.5) is 10.2 Å². The number of nitrogens with zero attached hydrogens (tertiary/aromatic N) is 6. The first-order chi connectivity index (χ1) is 33.5. The molecule has 4 amide bonds. The summed E-state index contributed by atoms with van der Waals surface area (Å²) in [5, 5.41) is 21.4. The zero-order valence-corrected chi connectivity index (χ0v) is 42.4. The van der Waals surface area contributed by atoms with Gasteiger partial charge in [-0.3, -0.25) is 23.9 Å². The molecule has 19 heteroatoms. The molecule has 0 saturated carbocycles. The molecule has 2 aromatic carbocycles. The van der Waals surface area contributed by atoms with Crippen molar-refractivity contribution in [2.75, 3.05) is 32.0 Å². The quantitative estimate of drug-likeness (QED) is 0.0461. The van der Waals surface area contributed by atoms with Gasteiger partial charge in [0.1, 0.15) is 17.9 Å². The number of hydrogen-bond acceptors (Lipinski definition) is 11. The molecule has 374 valence electrons. The maximum Gasteiger partial charge on any atom is 0.246 e. The first kappa shape index (κ1) is 52.2. The lowest BCUT2D eigenvalue weighted by atomic mass is 9.85. The first-order valence-corrected chi connectivity index (χ1v) is 25.5. The maximum absolute atomic E-state index is 14.0. The van der Waals surface area contributed by atoms with Crippen LogP contribution in [0.1, 0.15) is 101 Å². The number of rotatable bonds is 19. The highest BCUT2D eigenvalue weighted by Gasteiger charge is 2.44. The number of hydrogen-bond donors (Lipinski definition) is 4. The van der Waals surface area contributed by atoms with Gasteiger partial charge in [0.05, 0.1) is 46.1 Å². The van der Waals surface area contributed by atoms with Crippen molar-refractivity contribution < 1.29 is 33.4 Å². The molecule has 7 rings (SSSR count). The van der Waals surface area contributed by atoms with Crippen LogP contribution in [-0.2, 0) is 32.1 Å². The van der Waals surface area contributed by atoms with Crippen LogP contribution in [0.5, 0.6) is 5.75 Å². The molecule has 2 aliphatic heterocycles. The van der Waals surface area contributed by atoms with Gasteiger partial charge in [-0.1, -0.05) is 81.1 Å². The number of halogens is 3. The maximum atomic E-state index is 14.0. The average molecular weight is 1020 g/mol. The number of likely N-dealkylation sites (tertiary alicyclic amines) is 2. The lowest BCUT2D eigenvalue weighted by Crippen LogP contribution is -2.57. The number of amides is 4. The fraction of sp³-hybridized carbons (Fsp3) is 0.471. The SMILES string of the molecule is Cc1ncsc1-c1ccc(CNC(=O)[C@@H]2C[C@@H](O)CN2C(=O)[C@@H](NC(=O)CCCCCCC(=O)N2CCC(n3cc(-c4cnc(N)c(OCCc5c(Cl)ccc(F)c5Cl)c4)cn3)CC2)C(C)(C)C)cc1. The minimum absolute atomic E-state index is 0.00313. The Balaban J connectivity index is 0.799. The molecular formula is C51H62Cl2FN9O6S. The van der Waals surface area contributed by atoms with Crippen LogP contribution in [0.2, 0.25) is 10.0 Å².